The van der Waals surface area contributed by atoms with Crippen molar-refractivity contribution in [2.24, 2.45) is 0 Å². The van der Waals surface area contributed by atoms with Crippen LogP contribution in [0, 0.1) is 20.8 Å². The van der Waals surface area contributed by atoms with Gasteiger partial charge < -0.3 is 20.1 Å². The van der Waals surface area contributed by atoms with Crippen molar-refractivity contribution in [1.29, 1.82) is 0 Å². The summed E-state index contributed by atoms with van der Waals surface area (Å²) in [6.45, 7) is 13.6. The Hall–Kier alpha value is -2.37. The van der Waals surface area contributed by atoms with E-state index in [4.69, 9.17) is 4.74 Å². The second-order valence-electron chi connectivity index (χ2n) is 12.1. The molecule has 2 N–H and O–H groups in total. The summed E-state index contributed by atoms with van der Waals surface area (Å²) in [6.07, 6.45) is 9.68. The van der Waals surface area contributed by atoms with Crippen LogP contribution in [0.4, 0.5) is 0 Å². The van der Waals surface area contributed by atoms with Gasteiger partial charge in [0.15, 0.2) is 0 Å². The summed E-state index contributed by atoms with van der Waals surface area (Å²) in [5.41, 5.74) is 7.19. The number of hydrogen-bond donors (Lipinski definition) is 2. The summed E-state index contributed by atoms with van der Waals surface area (Å²) in [6, 6.07) is 10.5. The zero-order chi connectivity index (χ0) is 29.1. The summed E-state index contributed by atoms with van der Waals surface area (Å²) in [5.74, 6) is 1.45. The summed E-state index contributed by atoms with van der Waals surface area (Å²) in [5, 5.41) is 14.7. The van der Waals surface area contributed by atoms with Crippen LogP contribution in [0.25, 0.3) is 0 Å². The lowest BCUT2D eigenvalue weighted by Gasteiger charge is -2.29. The molecule has 0 aromatic heterocycles. The second-order valence-corrected chi connectivity index (χ2v) is 12.1. The summed E-state index contributed by atoms with van der Waals surface area (Å²) in [7, 11) is 1.73. The van der Waals surface area contributed by atoms with Gasteiger partial charge in [-0.2, -0.15) is 0 Å². The molecule has 0 bridgehead atoms. The number of aliphatic hydroxyl groups excluding tert-OH is 1. The molecular weight excluding hydrogens is 496 g/mol. The molecule has 1 fully saturated rings. The number of methoxy groups -OCH3 is 1. The van der Waals surface area contributed by atoms with Crippen molar-refractivity contribution in [3.05, 3.63) is 63.7 Å². The maximum Gasteiger partial charge on any atom is 0.220 e. The summed E-state index contributed by atoms with van der Waals surface area (Å²) < 4.78 is 5.52. The number of carbonyl (C=O) groups excluding carboxylic acids is 1. The number of carbonyl (C=O) groups is 1. The van der Waals surface area contributed by atoms with E-state index < -0.39 is 6.10 Å². The Morgan fingerprint density at radius 3 is 2.33 bits per heavy atom. The van der Waals surface area contributed by atoms with Crippen LogP contribution in [0.15, 0.2) is 30.3 Å². The van der Waals surface area contributed by atoms with Gasteiger partial charge in [0.25, 0.3) is 0 Å². The van der Waals surface area contributed by atoms with Gasteiger partial charge in [-0.1, -0.05) is 63.4 Å². The molecule has 0 aliphatic carbocycles. The van der Waals surface area contributed by atoms with Crippen LogP contribution < -0.4 is 10.1 Å². The number of aryl methyl sites for hydroxylation is 4. The molecule has 3 atom stereocenters. The zero-order valence-electron chi connectivity index (χ0n) is 26.0. The summed E-state index contributed by atoms with van der Waals surface area (Å²) in [4.78, 5) is 15.5. The first kappa shape index (κ1) is 32.1. The fraction of sp³-hybridized carbons (Fsp3) is 0.629. The van der Waals surface area contributed by atoms with Crippen molar-refractivity contribution in [2.45, 2.75) is 117 Å². The molecule has 2 aromatic carbocycles. The molecule has 5 nitrogen and oxygen atoms in total. The molecule has 1 aliphatic rings. The molecule has 2 aromatic rings. The van der Waals surface area contributed by atoms with E-state index in [9.17, 15) is 9.90 Å². The van der Waals surface area contributed by atoms with Crippen LogP contribution in [-0.2, 0) is 11.2 Å². The zero-order valence-corrected chi connectivity index (χ0v) is 26.0. The minimum absolute atomic E-state index is 0.0438. The van der Waals surface area contributed by atoms with Gasteiger partial charge in [0.1, 0.15) is 11.9 Å². The van der Waals surface area contributed by atoms with Gasteiger partial charge in [0.05, 0.1) is 13.2 Å². The van der Waals surface area contributed by atoms with Crippen LogP contribution in [-0.4, -0.2) is 48.7 Å². The lowest BCUT2D eigenvalue weighted by Crippen LogP contribution is -2.46. The predicted octanol–water partition coefficient (Wildman–Crippen LogP) is 7.33. The molecule has 5 heteroatoms. The highest BCUT2D eigenvalue weighted by atomic mass is 16.5. The first-order chi connectivity index (χ1) is 19.2. The molecule has 0 radical (unpaired) electrons. The molecule has 0 spiro atoms. The number of hydrogen-bond acceptors (Lipinski definition) is 4. The van der Waals surface area contributed by atoms with Crippen molar-refractivity contribution in [3.63, 3.8) is 0 Å². The Bertz CT molecular complexity index is 1050. The van der Waals surface area contributed by atoms with Crippen LogP contribution in [0.5, 0.6) is 5.75 Å². The second kappa shape index (κ2) is 16.2. The number of likely N-dealkylation sites (tertiary alicyclic amines) is 1. The third-order valence-corrected chi connectivity index (χ3v) is 8.69. The minimum Gasteiger partial charge on any atom is -0.496 e. The Balaban J connectivity index is 1.57. The molecule has 0 saturated carbocycles. The third-order valence-electron chi connectivity index (χ3n) is 8.69. The number of nitrogens with one attached hydrogen (secondary N) is 1. The molecule has 1 unspecified atom stereocenters. The van der Waals surface area contributed by atoms with E-state index in [1.165, 1.54) is 59.9 Å². The van der Waals surface area contributed by atoms with Crippen molar-refractivity contribution >= 4 is 5.91 Å². The quantitative estimate of drug-likeness (QED) is 0.215. The Morgan fingerprint density at radius 1 is 0.975 bits per heavy atom. The van der Waals surface area contributed by atoms with Gasteiger partial charge in [0.2, 0.25) is 5.91 Å². The lowest BCUT2D eigenvalue weighted by atomic mass is 9.92. The molecule has 1 aliphatic heterocycles. The maximum atomic E-state index is 13.1. The monoisotopic (exact) mass is 550 g/mol. The number of benzene rings is 2. The van der Waals surface area contributed by atoms with Gasteiger partial charge in [-0.3, -0.25) is 4.79 Å². The molecule has 40 heavy (non-hydrogen) atoms. The van der Waals surface area contributed by atoms with E-state index in [2.05, 4.69) is 69.1 Å². The minimum atomic E-state index is -0.711. The molecule has 1 saturated heterocycles. The highest BCUT2D eigenvalue weighted by Crippen LogP contribution is 2.30. The Morgan fingerprint density at radius 2 is 1.68 bits per heavy atom. The van der Waals surface area contributed by atoms with Crippen molar-refractivity contribution in [2.75, 3.05) is 26.7 Å². The molecule has 1 amide bonds. The fourth-order valence-electron chi connectivity index (χ4n) is 6.18. The number of aliphatic hydroxyl groups is 1. The normalized spacial score (nSPS) is 16.1. The highest BCUT2D eigenvalue weighted by molar-refractivity contribution is 5.76. The number of unbranched alkanes of at least 4 members (excludes halogenated alkanes) is 3. The van der Waals surface area contributed by atoms with E-state index in [1.54, 1.807) is 7.11 Å². The lowest BCUT2D eigenvalue weighted by molar-refractivity contribution is -0.123. The number of ether oxygens (including phenoxy) is 1. The van der Waals surface area contributed by atoms with Gasteiger partial charge >= 0.3 is 0 Å². The van der Waals surface area contributed by atoms with Gasteiger partial charge in [-0.25, -0.2) is 0 Å². The SMILES string of the molecule is CCCCCc1cc([C@@H](O)[C@@H](CN2CCCC2)NC(=O)CCCCC(C)c2cc(C)c(OC)c(C)c2)ccc1C. The topological polar surface area (TPSA) is 61.8 Å². The van der Waals surface area contributed by atoms with Gasteiger partial charge in [-0.15, -0.1) is 0 Å². The molecule has 3 rings (SSSR count). The number of amides is 1. The first-order valence-corrected chi connectivity index (χ1v) is 15.7. The van der Waals surface area contributed by atoms with Crippen molar-refractivity contribution in [3.8, 4) is 5.75 Å². The van der Waals surface area contributed by atoms with Gasteiger partial charge in [0, 0.05) is 13.0 Å². The largest absolute Gasteiger partial charge is 0.496 e. The Labute approximate surface area is 243 Å². The molecule has 1 heterocycles. The maximum absolute atomic E-state index is 13.1. The average molecular weight is 551 g/mol. The van der Waals surface area contributed by atoms with Crippen LogP contribution >= 0.6 is 0 Å². The smallest absolute Gasteiger partial charge is 0.220 e. The standard InChI is InChI=1S/C35H54N2O3/c1-7-8-9-15-29-23-30(18-17-26(29)3)34(39)32(24-37-19-12-13-20-37)36-33(38)16-11-10-14-25(2)31-21-27(4)35(40-6)28(5)22-31/h17-18,21-23,25,32,34,39H,7-16,19-20,24H2,1-6H3,(H,36,38)/t25?,32-,34-/m1/s1. The summed E-state index contributed by atoms with van der Waals surface area (Å²) >= 11 is 0. The first-order valence-electron chi connectivity index (χ1n) is 15.7. The van der Waals surface area contributed by atoms with E-state index in [0.29, 0.717) is 18.9 Å². The van der Waals surface area contributed by atoms with E-state index in [1.807, 2.05) is 6.07 Å². The average Bonchev–Trinajstić information content (AvgIpc) is 3.44. The number of nitrogens with zero attached hydrogens (tertiary/aromatic N) is 1. The highest BCUT2D eigenvalue weighted by Gasteiger charge is 2.27. The fourth-order valence-corrected chi connectivity index (χ4v) is 6.18. The van der Waals surface area contributed by atoms with Crippen molar-refractivity contribution in [1.82, 2.24) is 10.2 Å². The van der Waals surface area contributed by atoms with Crippen LogP contribution in [0.1, 0.15) is 117 Å². The number of rotatable bonds is 16. The Kier molecular flexibility index (Phi) is 13.0. The molecular formula is C35H54N2O3. The van der Waals surface area contributed by atoms with Crippen LogP contribution in [0.3, 0.4) is 0 Å². The predicted molar refractivity (Wildman–Crippen MR) is 166 cm³/mol. The third kappa shape index (κ3) is 9.34. The van der Waals surface area contributed by atoms with Crippen LogP contribution in [0.2, 0.25) is 0 Å². The molecule has 222 valence electrons. The van der Waals surface area contributed by atoms with Gasteiger partial charge in [-0.05, 0) is 112 Å². The van der Waals surface area contributed by atoms with Crippen molar-refractivity contribution < 1.29 is 14.6 Å². The van der Waals surface area contributed by atoms with E-state index >= 15 is 0 Å². The van der Waals surface area contributed by atoms with E-state index in [0.717, 1.165) is 50.1 Å². The van der Waals surface area contributed by atoms with E-state index in [-0.39, 0.29) is 11.9 Å².